The summed E-state index contributed by atoms with van der Waals surface area (Å²) in [5.41, 5.74) is 4.22. The molecule has 0 saturated heterocycles. The quantitative estimate of drug-likeness (QED) is 0.821. The summed E-state index contributed by atoms with van der Waals surface area (Å²) in [5.74, 6) is 0. The summed E-state index contributed by atoms with van der Waals surface area (Å²) in [6.45, 7) is 3.17. The topological polar surface area (TPSA) is 8.17 Å². The highest BCUT2D eigenvalue weighted by Crippen LogP contribution is 2.21. The van der Waals surface area contributed by atoms with Crippen molar-refractivity contribution >= 4 is 24.0 Å². The van der Waals surface area contributed by atoms with Gasteiger partial charge in [0.1, 0.15) is 0 Å². The highest BCUT2D eigenvalue weighted by atomic mass is 35.5. The molecule has 0 radical (unpaired) electrons. The zero-order valence-electron chi connectivity index (χ0n) is 11.7. The van der Waals surface area contributed by atoms with Gasteiger partial charge in [-0.15, -0.1) is 12.4 Å². The zero-order chi connectivity index (χ0) is 13.2. The Hall–Kier alpha value is -0.960. The van der Waals surface area contributed by atoms with Crippen molar-refractivity contribution in [1.82, 2.24) is 9.47 Å². The van der Waals surface area contributed by atoms with E-state index >= 15 is 0 Å². The van der Waals surface area contributed by atoms with Crippen LogP contribution in [0.25, 0.3) is 0 Å². The van der Waals surface area contributed by atoms with Crippen LogP contribution in [-0.4, -0.2) is 22.6 Å². The van der Waals surface area contributed by atoms with Crippen LogP contribution in [-0.2, 0) is 26.4 Å². The van der Waals surface area contributed by atoms with Gasteiger partial charge < -0.3 is 4.57 Å². The molecule has 0 aliphatic carbocycles. The van der Waals surface area contributed by atoms with Crippen LogP contribution >= 0.6 is 24.0 Å². The SMILES string of the molecule is Cl.Cn1ccc2c1CCN(Cc1ccccc1Cl)CC2. The molecule has 2 heterocycles. The van der Waals surface area contributed by atoms with E-state index in [-0.39, 0.29) is 12.4 Å². The van der Waals surface area contributed by atoms with Gasteiger partial charge in [-0.05, 0) is 29.7 Å². The number of rotatable bonds is 2. The fourth-order valence-corrected chi connectivity index (χ4v) is 3.05. The van der Waals surface area contributed by atoms with Gasteiger partial charge in [-0.3, -0.25) is 4.90 Å². The van der Waals surface area contributed by atoms with E-state index in [4.69, 9.17) is 11.6 Å². The normalized spacial score (nSPS) is 15.3. The fraction of sp³-hybridized carbons (Fsp3) is 0.375. The molecule has 0 spiro atoms. The number of halogens is 2. The zero-order valence-corrected chi connectivity index (χ0v) is 13.3. The van der Waals surface area contributed by atoms with Crippen LogP contribution in [0.2, 0.25) is 5.02 Å². The number of hydrogen-bond acceptors (Lipinski definition) is 1. The molecular weight excluding hydrogens is 291 g/mol. The Morgan fingerprint density at radius 2 is 1.85 bits per heavy atom. The largest absolute Gasteiger partial charge is 0.354 e. The molecular formula is C16H20Cl2N2. The van der Waals surface area contributed by atoms with Crippen molar-refractivity contribution in [2.75, 3.05) is 13.1 Å². The lowest BCUT2D eigenvalue weighted by molar-refractivity contribution is 0.278. The number of hydrogen-bond donors (Lipinski definition) is 0. The summed E-state index contributed by atoms with van der Waals surface area (Å²) < 4.78 is 2.26. The molecule has 1 aromatic heterocycles. The minimum atomic E-state index is 0. The third kappa shape index (κ3) is 3.20. The summed E-state index contributed by atoms with van der Waals surface area (Å²) in [4.78, 5) is 2.50. The van der Waals surface area contributed by atoms with Crippen molar-refractivity contribution in [3.8, 4) is 0 Å². The molecule has 0 amide bonds. The second kappa shape index (κ2) is 6.66. The molecule has 20 heavy (non-hydrogen) atoms. The summed E-state index contributed by atoms with van der Waals surface area (Å²) in [5, 5.41) is 0.879. The third-order valence-corrected chi connectivity index (χ3v) is 4.38. The molecule has 2 aromatic rings. The van der Waals surface area contributed by atoms with E-state index in [0.29, 0.717) is 0 Å². The van der Waals surface area contributed by atoms with E-state index < -0.39 is 0 Å². The van der Waals surface area contributed by atoms with Crippen molar-refractivity contribution in [2.45, 2.75) is 19.4 Å². The maximum absolute atomic E-state index is 6.25. The maximum atomic E-state index is 6.25. The lowest BCUT2D eigenvalue weighted by Gasteiger charge is -2.20. The van der Waals surface area contributed by atoms with Gasteiger partial charge in [0, 0.05) is 50.0 Å². The Balaban J connectivity index is 0.00000147. The predicted molar refractivity (Wildman–Crippen MR) is 86.8 cm³/mol. The molecule has 2 nitrogen and oxygen atoms in total. The molecule has 1 aliphatic rings. The summed E-state index contributed by atoms with van der Waals surface area (Å²) >= 11 is 6.25. The smallest absolute Gasteiger partial charge is 0.0451 e. The highest BCUT2D eigenvalue weighted by molar-refractivity contribution is 6.31. The molecule has 0 atom stereocenters. The van der Waals surface area contributed by atoms with E-state index in [9.17, 15) is 0 Å². The third-order valence-electron chi connectivity index (χ3n) is 4.01. The first-order valence-corrected chi connectivity index (χ1v) is 7.20. The minimum absolute atomic E-state index is 0. The van der Waals surface area contributed by atoms with E-state index in [0.717, 1.165) is 37.5 Å². The first-order valence-electron chi connectivity index (χ1n) is 6.83. The van der Waals surface area contributed by atoms with Gasteiger partial charge in [-0.2, -0.15) is 0 Å². The number of aryl methyl sites for hydroxylation is 1. The van der Waals surface area contributed by atoms with Crippen LogP contribution in [0.4, 0.5) is 0 Å². The second-order valence-electron chi connectivity index (χ2n) is 5.27. The molecule has 1 aliphatic heterocycles. The Kier molecular flexibility index (Phi) is 5.14. The van der Waals surface area contributed by atoms with Crippen molar-refractivity contribution in [1.29, 1.82) is 0 Å². The van der Waals surface area contributed by atoms with Gasteiger partial charge in [0.2, 0.25) is 0 Å². The highest BCUT2D eigenvalue weighted by Gasteiger charge is 2.16. The summed E-state index contributed by atoms with van der Waals surface area (Å²) in [7, 11) is 2.14. The summed E-state index contributed by atoms with van der Waals surface area (Å²) in [6, 6.07) is 10.4. The van der Waals surface area contributed by atoms with Gasteiger partial charge in [0.25, 0.3) is 0 Å². The Labute approximate surface area is 131 Å². The Bertz CT molecular complexity index is 578. The standard InChI is InChI=1S/C16H19ClN2.ClH/c1-18-9-6-13-7-10-19(11-8-16(13)18)12-14-4-2-3-5-15(14)17;/h2-6,9H,7-8,10-12H2,1H3;1H. The molecule has 0 saturated carbocycles. The van der Waals surface area contributed by atoms with Crippen LogP contribution in [0, 0.1) is 0 Å². The van der Waals surface area contributed by atoms with Gasteiger partial charge in [0.15, 0.2) is 0 Å². The van der Waals surface area contributed by atoms with Gasteiger partial charge in [-0.1, -0.05) is 29.8 Å². The molecule has 0 unspecified atom stereocenters. The number of aromatic nitrogens is 1. The van der Waals surface area contributed by atoms with Crippen molar-refractivity contribution in [2.24, 2.45) is 7.05 Å². The molecule has 0 fully saturated rings. The van der Waals surface area contributed by atoms with Crippen molar-refractivity contribution < 1.29 is 0 Å². The van der Waals surface area contributed by atoms with Crippen LogP contribution < -0.4 is 0 Å². The molecule has 4 heteroatoms. The lowest BCUT2D eigenvalue weighted by atomic mass is 10.1. The lowest BCUT2D eigenvalue weighted by Crippen LogP contribution is -2.26. The Morgan fingerprint density at radius 3 is 2.65 bits per heavy atom. The summed E-state index contributed by atoms with van der Waals surface area (Å²) in [6.07, 6.45) is 4.44. The predicted octanol–water partition coefficient (Wildman–Crippen LogP) is 3.70. The number of nitrogens with zero attached hydrogens (tertiary/aromatic N) is 2. The molecule has 1 aromatic carbocycles. The van der Waals surface area contributed by atoms with Crippen molar-refractivity contribution in [3.05, 3.63) is 58.4 Å². The fourth-order valence-electron chi connectivity index (χ4n) is 2.86. The first kappa shape index (κ1) is 15.4. The van der Waals surface area contributed by atoms with E-state index in [1.54, 1.807) is 0 Å². The monoisotopic (exact) mass is 310 g/mol. The van der Waals surface area contributed by atoms with E-state index in [2.05, 4.69) is 40.9 Å². The average molecular weight is 311 g/mol. The maximum Gasteiger partial charge on any atom is 0.0451 e. The molecule has 108 valence electrons. The first-order chi connectivity index (χ1) is 9.24. The van der Waals surface area contributed by atoms with Gasteiger partial charge >= 0.3 is 0 Å². The van der Waals surface area contributed by atoms with E-state index in [1.165, 1.54) is 16.8 Å². The molecule has 0 bridgehead atoms. The van der Waals surface area contributed by atoms with Crippen LogP contribution in [0.5, 0.6) is 0 Å². The van der Waals surface area contributed by atoms with Crippen LogP contribution in [0.1, 0.15) is 16.8 Å². The average Bonchev–Trinajstić information content (AvgIpc) is 2.64. The Morgan fingerprint density at radius 1 is 1.10 bits per heavy atom. The number of fused-ring (bicyclic) bond motifs is 1. The van der Waals surface area contributed by atoms with Gasteiger partial charge in [-0.25, -0.2) is 0 Å². The van der Waals surface area contributed by atoms with Crippen LogP contribution in [0.15, 0.2) is 36.5 Å². The second-order valence-corrected chi connectivity index (χ2v) is 5.67. The van der Waals surface area contributed by atoms with Crippen molar-refractivity contribution in [3.63, 3.8) is 0 Å². The molecule has 3 rings (SSSR count). The number of benzene rings is 1. The van der Waals surface area contributed by atoms with E-state index in [1.807, 2.05) is 12.1 Å². The van der Waals surface area contributed by atoms with Gasteiger partial charge in [0.05, 0.1) is 0 Å². The minimum Gasteiger partial charge on any atom is -0.354 e. The molecule has 0 N–H and O–H groups in total. The van der Waals surface area contributed by atoms with Crippen LogP contribution in [0.3, 0.4) is 0 Å².